The molecule has 0 fully saturated rings. The summed E-state index contributed by atoms with van der Waals surface area (Å²) >= 11 is 3.27. The van der Waals surface area contributed by atoms with Gasteiger partial charge in [0.05, 0.1) is 16.7 Å². The minimum absolute atomic E-state index is 0.268. The number of hydrogen-bond acceptors (Lipinski definition) is 4. The van der Waals surface area contributed by atoms with Gasteiger partial charge in [0.15, 0.2) is 11.6 Å². The van der Waals surface area contributed by atoms with E-state index in [1.807, 2.05) is 15.5 Å². The Morgan fingerprint density at radius 2 is 2.21 bits per heavy atom. The molecule has 0 bridgehead atoms. The largest absolute Gasteiger partial charge is 0.360 e. The molecule has 5 nitrogen and oxygen atoms in total. The highest BCUT2D eigenvalue weighted by Gasteiger charge is 2.21. The minimum Gasteiger partial charge on any atom is -0.360 e. The van der Waals surface area contributed by atoms with Crippen molar-refractivity contribution in [2.24, 2.45) is 5.73 Å². The van der Waals surface area contributed by atoms with Crippen LogP contribution in [0.25, 0.3) is 0 Å². The van der Waals surface area contributed by atoms with Crippen LogP contribution in [0.4, 0.5) is 10.1 Å². The Hall–Kier alpha value is -1.47. The lowest BCUT2D eigenvalue weighted by Gasteiger charge is -2.29. The summed E-state index contributed by atoms with van der Waals surface area (Å²) in [4.78, 5) is 1.96. The highest BCUT2D eigenvalue weighted by Crippen LogP contribution is 2.30. The molecule has 7 heteroatoms. The Bertz CT molecular complexity index is 612. The molecule has 0 saturated carbocycles. The first-order valence-electron chi connectivity index (χ1n) is 5.99. The molecule has 1 aliphatic heterocycles. The van der Waals surface area contributed by atoms with E-state index in [4.69, 9.17) is 5.73 Å². The number of rotatable bonds is 2. The topological polar surface area (TPSA) is 60.0 Å². The Kier molecular flexibility index (Phi) is 3.24. The fourth-order valence-electron chi connectivity index (χ4n) is 2.25. The molecule has 0 atom stereocenters. The molecule has 0 aliphatic carbocycles. The van der Waals surface area contributed by atoms with E-state index in [0.29, 0.717) is 23.2 Å². The van der Waals surface area contributed by atoms with Crippen LogP contribution in [0.1, 0.15) is 11.4 Å². The van der Waals surface area contributed by atoms with E-state index in [2.05, 4.69) is 26.1 Å². The molecule has 1 aromatic carbocycles. The van der Waals surface area contributed by atoms with Crippen LogP contribution in [-0.4, -0.2) is 21.3 Å². The van der Waals surface area contributed by atoms with Gasteiger partial charge in [0.1, 0.15) is 6.33 Å². The highest BCUT2D eigenvalue weighted by atomic mass is 79.9. The van der Waals surface area contributed by atoms with Gasteiger partial charge in [-0.05, 0) is 27.6 Å². The van der Waals surface area contributed by atoms with Crippen LogP contribution in [0.3, 0.4) is 0 Å². The van der Waals surface area contributed by atoms with Crippen LogP contribution >= 0.6 is 15.9 Å². The van der Waals surface area contributed by atoms with Gasteiger partial charge in [-0.15, -0.1) is 10.2 Å². The third kappa shape index (κ3) is 2.12. The molecule has 1 aliphatic rings. The lowest BCUT2D eigenvalue weighted by Crippen LogP contribution is -2.34. The van der Waals surface area contributed by atoms with E-state index < -0.39 is 0 Å². The maximum Gasteiger partial charge on any atom is 0.160 e. The van der Waals surface area contributed by atoms with Gasteiger partial charge in [-0.2, -0.15) is 0 Å². The van der Waals surface area contributed by atoms with Crippen LogP contribution in [0, 0.1) is 5.82 Å². The summed E-state index contributed by atoms with van der Waals surface area (Å²) in [6, 6.07) is 3.62. The first-order chi connectivity index (χ1) is 9.20. The predicted octanol–water partition coefficient (Wildman–Crippen LogP) is 1.66. The van der Waals surface area contributed by atoms with Crippen molar-refractivity contribution in [2.75, 3.05) is 11.4 Å². The number of anilines is 1. The van der Waals surface area contributed by atoms with Gasteiger partial charge >= 0.3 is 0 Å². The standard InChI is InChI=1S/C12H13BrFN5/c13-11-8(5-15)1-2-9(12(11)14)18-3-4-19-7-16-17-10(19)6-18/h1-2,7H,3-6,15H2. The smallest absolute Gasteiger partial charge is 0.160 e. The average Bonchev–Trinajstić information content (AvgIpc) is 2.89. The number of benzene rings is 1. The maximum atomic E-state index is 14.3. The second kappa shape index (κ2) is 4.90. The molecule has 0 spiro atoms. The van der Waals surface area contributed by atoms with Crippen molar-refractivity contribution in [2.45, 2.75) is 19.6 Å². The number of fused-ring (bicyclic) bond motifs is 1. The first-order valence-corrected chi connectivity index (χ1v) is 6.78. The summed E-state index contributed by atoms with van der Waals surface area (Å²) in [7, 11) is 0. The molecule has 100 valence electrons. The fraction of sp³-hybridized carbons (Fsp3) is 0.333. The summed E-state index contributed by atoms with van der Waals surface area (Å²) in [5, 5.41) is 7.90. The molecule has 3 rings (SSSR count). The molecular formula is C12H13BrFN5. The van der Waals surface area contributed by atoms with E-state index in [1.54, 1.807) is 12.4 Å². The number of hydrogen-bond donors (Lipinski definition) is 1. The number of nitrogens with zero attached hydrogens (tertiary/aromatic N) is 4. The van der Waals surface area contributed by atoms with Gasteiger partial charge < -0.3 is 15.2 Å². The molecule has 2 heterocycles. The number of nitrogens with two attached hydrogens (primary N) is 1. The van der Waals surface area contributed by atoms with Crippen LogP contribution < -0.4 is 10.6 Å². The Morgan fingerprint density at radius 3 is 3.00 bits per heavy atom. The maximum absolute atomic E-state index is 14.3. The molecule has 2 N–H and O–H groups in total. The van der Waals surface area contributed by atoms with Crippen molar-refractivity contribution < 1.29 is 4.39 Å². The molecule has 0 saturated heterocycles. The normalized spacial score (nSPS) is 14.6. The lowest BCUT2D eigenvalue weighted by atomic mass is 10.1. The van der Waals surface area contributed by atoms with Crippen molar-refractivity contribution in [3.05, 3.63) is 40.1 Å². The Morgan fingerprint density at radius 1 is 1.37 bits per heavy atom. The SMILES string of the molecule is NCc1ccc(N2CCn3cnnc3C2)c(F)c1Br. The first kappa shape index (κ1) is 12.6. The van der Waals surface area contributed by atoms with Gasteiger partial charge in [0.2, 0.25) is 0 Å². The van der Waals surface area contributed by atoms with Gasteiger partial charge in [-0.1, -0.05) is 6.07 Å². The van der Waals surface area contributed by atoms with Crippen molar-refractivity contribution in [3.63, 3.8) is 0 Å². The van der Waals surface area contributed by atoms with Crippen LogP contribution in [0.5, 0.6) is 0 Å². The molecule has 2 aromatic rings. The fourth-order valence-corrected chi connectivity index (χ4v) is 2.75. The van der Waals surface area contributed by atoms with Crippen molar-refractivity contribution >= 4 is 21.6 Å². The molecule has 19 heavy (non-hydrogen) atoms. The molecule has 0 amide bonds. The monoisotopic (exact) mass is 325 g/mol. The Labute approximate surface area is 118 Å². The Balaban J connectivity index is 1.94. The van der Waals surface area contributed by atoms with E-state index >= 15 is 0 Å². The summed E-state index contributed by atoms with van der Waals surface area (Å²) in [6.07, 6.45) is 1.70. The zero-order valence-electron chi connectivity index (χ0n) is 10.2. The summed E-state index contributed by atoms with van der Waals surface area (Å²) in [5.74, 6) is 0.584. The van der Waals surface area contributed by atoms with Gasteiger partial charge in [-0.3, -0.25) is 0 Å². The highest BCUT2D eigenvalue weighted by molar-refractivity contribution is 9.10. The molecule has 0 radical (unpaired) electrons. The van der Waals surface area contributed by atoms with Gasteiger partial charge in [0, 0.05) is 19.6 Å². The third-order valence-electron chi connectivity index (χ3n) is 3.34. The minimum atomic E-state index is -0.268. The van der Waals surface area contributed by atoms with Crippen molar-refractivity contribution in [1.82, 2.24) is 14.8 Å². The van der Waals surface area contributed by atoms with Gasteiger partial charge in [0.25, 0.3) is 0 Å². The zero-order valence-corrected chi connectivity index (χ0v) is 11.8. The van der Waals surface area contributed by atoms with E-state index in [-0.39, 0.29) is 5.82 Å². The quantitative estimate of drug-likeness (QED) is 0.912. The predicted molar refractivity (Wildman–Crippen MR) is 73.1 cm³/mol. The zero-order chi connectivity index (χ0) is 13.4. The van der Waals surface area contributed by atoms with Gasteiger partial charge in [-0.25, -0.2) is 4.39 Å². The number of halogens is 2. The summed E-state index contributed by atoms with van der Waals surface area (Å²) in [5.41, 5.74) is 6.90. The van der Waals surface area contributed by atoms with Crippen LogP contribution in [0.2, 0.25) is 0 Å². The van der Waals surface area contributed by atoms with Crippen molar-refractivity contribution in [1.29, 1.82) is 0 Å². The second-order valence-corrected chi connectivity index (χ2v) is 5.23. The van der Waals surface area contributed by atoms with E-state index in [0.717, 1.165) is 24.5 Å². The van der Waals surface area contributed by atoms with Crippen molar-refractivity contribution in [3.8, 4) is 0 Å². The second-order valence-electron chi connectivity index (χ2n) is 4.44. The average molecular weight is 326 g/mol. The third-order valence-corrected chi connectivity index (χ3v) is 4.20. The van der Waals surface area contributed by atoms with Crippen LogP contribution in [0.15, 0.2) is 22.9 Å². The molecular weight excluding hydrogens is 313 g/mol. The summed E-state index contributed by atoms with van der Waals surface area (Å²) in [6.45, 7) is 2.37. The van der Waals surface area contributed by atoms with E-state index in [1.165, 1.54) is 0 Å². The summed E-state index contributed by atoms with van der Waals surface area (Å²) < 4.78 is 16.8. The lowest BCUT2D eigenvalue weighted by molar-refractivity contribution is 0.542. The number of aromatic nitrogens is 3. The molecule has 1 aromatic heterocycles. The van der Waals surface area contributed by atoms with Crippen LogP contribution in [-0.2, 0) is 19.6 Å². The molecule has 0 unspecified atom stereocenters. The van der Waals surface area contributed by atoms with E-state index in [9.17, 15) is 4.39 Å².